The third-order valence-corrected chi connectivity index (χ3v) is 3.57. The summed E-state index contributed by atoms with van der Waals surface area (Å²) >= 11 is 0. The molecule has 1 saturated heterocycles. The highest BCUT2D eigenvalue weighted by Gasteiger charge is 2.14. The van der Waals surface area contributed by atoms with Crippen molar-refractivity contribution in [3.05, 3.63) is 0 Å². The van der Waals surface area contributed by atoms with Crippen molar-refractivity contribution in [3.63, 3.8) is 0 Å². The van der Waals surface area contributed by atoms with E-state index in [9.17, 15) is 0 Å². The van der Waals surface area contributed by atoms with Gasteiger partial charge in [-0.15, -0.1) is 0 Å². The van der Waals surface area contributed by atoms with Crippen LogP contribution in [0.5, 0.6) is 0 Å². The molecule has 0 aliphatic carbocycles. The molecule has 0 aromatic carbocycles. The molecule has 3 nitrogen and oxygen atoms in total. The second-order valence-corrected chi connectivity index (χ2v) is 5.44. The molecule has 3 heteroatoms. The van der Waals surface area contributed by atoms with Crippen molar-refractivity contribution in [2.24, 2.45) is 0 Å². The maximum absolute atomic E-state index is 3.49. The lowest BCUT2D eigenvalue weighted by Gasteiger charge is -2.32. The maximum Gasteiger partial charge on any atom is 0.0167 e. The standard InChI is InChI=1S/C13H29N3/c1-12(2)15(4)8-5-6-9-16-10-7-14-13(3)11-16/h12-14H,5-11H2,1-4H3. The molecule has 96 valence electrons. The zero-order chi connectivity index (χ0) is 12.0. The average Bonchev–Trinajstić information content (AvgIpc) is 2.24. The Hall–Kier alpha value is -0.120. The van der Waals surface area contributed by atoms with Crippen molar-refractivity contribution in [2.45, 2.75) is 45.7 Å². The largest absolute Gasteiger partial charge is 0.312 e. The second-order valence-electron chi connectivity index (χ2n) is 5.44. The molecule has 1 N–H and O–H groups in total. The van der Waals surface area contributed by atoms with Gasteiger partial charge in [-0.25, -0.2) is 0 Å². The van der Waals surface area contributed by atoms with E-state index in [0.29, 0.717) is 12.1 Å². The summed E-state index contributed by atoms with van der Waals surface area (Å²) in [6, 6.07) is 1.35. The van der Waals surface area contributed by atoms with Crippen molar-refractivity contribution < 1.29 is 0 Å². The predicted octanol–water partition coefficient (Wildman–Crippen LogP) is 1.40. The van der Waals surface area contributed by atoms with Crippen molar-refractivity contribution >= 4 is 0 Å². The van der Waals surface area contributed by atoms with E-state index in [1.165, 1.54) is 39.0 Å². The van der Waals surface area contributed by atoms with Gasteiger partial charge in [0.25, 0.3) is 0 Å². The molecule has 0 radical (unpaired) electrons. The molecule has 1 unspecified atom stereocenters. The van der Waals surface area contributed by atoms with Crippen molar-refractivity contribution in [1.29, 1.82) is 0 Å². The van der Waals surface area contributed by atoms with Crippen LogP contribution in [-0.4, -0.2) is 61.7 Å². The van der Waals surface area contributed by atoms with E-state index in [1.54, 1.807) is 0 Å². The van der Waals surface area contributed by atoms with Gasteiger partial charge >= 0.3 is 0 Å². The topological polar surface area (TPSA) is 18.5 Å². The van der Waals surface area contributed by atoms with Crippen LogP contribution in [0.25, 0.3) is 0 Å². The van der Waals surface area contributed by atoms with E-state index in [4.69, 9.17) is 0 Å². The third-order valence-electron chi connectivity index (χ3n) is 3.57. The van der Waals surface area contributed by atoms with Crippen LogP contribution in [-0.2, 0) is 0 Å². The number of nitrogens with one attached hydrogen (secondary N) is 1. The normalized spacial score (nSPS) is 23.2. The summed E-state index contributed by atoms with van der Waals surface area (Å²) in [6.45, 7) is 12.9. The van der Waals surface area contributed by atoms with Gasteiger partial charge in [0.05, 0.1) is 0 Å². The monoisotopic (exact) mass is 227 g/mol. The van der Waals surface area contributed by atoms with Gasteiger partial charge in [-0.05, 0) is 53.8 Å². The summed E-state index contributed by atoms with van der Waals surface area (Å²) in [6.07, 6.45) is 2.66. The smallest absolute Gasteiger partial charge is 0.0167 e. The Morgan fingerprint density at radius 1 is 1.38 bits per heavy atom. The van der Waals surface area contributed by atoms with Crippen LogP contribution >= 0.6 is 0 Å². The highest BCUT2D eigenvalue weighted by atomic mass is 15.2. The minimum absolute atomic E-state index is 0.673. The Morgan fingerprint density at radius 2 is 2.12 bits per heavy atom. The Bertz CT molecular complexity index is 182. The van der Waals surface area contributed by atoms with E-state index >= 15 is 0 Å². The SMILES string of the molecule is CC1CN(CCCCN(C)C(C)C)CCN1. The molecule has 0 saturated carbocycles. The molecule has 1 aliphatic heterocycles. The van der Waals surface area contributed by atoms with Crippen molar-refractivity contribution in [1.82, 2.24) is 15.1 Å². The summed E-state index contributed by atoms with van der Waals surface area (Å²) in [5.74, 6) is 0. The van der Waals surface area contributed by atoms with Gasteiger partial charge in [0, 0.05) is 31.7 Å². The molecule has 1 aliphatic rings. The van der Waals surface area contributed by atoms with Gasteiger partial charge in [-0.1, -0.05) is 0 Å². The number of unbranched alkanes of at least 4 members (excludes halogenated alkanes) is 1. The number of piperazine rings is 1. The summed E-state index contributed by atoms with van der Waals surface area (Å²) in [4.78, 5) is 5.02. The Labute approximate surface area is 101 Å². The summed E-state index contributed by atoms with van der Waals surface area (Å²) < 4.78 is 0. The molecule has 0 spiro atoms. The maximum atomic E-state index is 3.49. The molecular formula is C13H29N3. The van der Waals surface area contributed by atoms with Gasteiger partial charge in [-0.3, -0.25) is 0 Å². The fourth-order valence-electron chi connectivity index (χ4n) is 2.17. The highest BCUT2D eigenvalue weighted by Crippen LogP contribution is 2.03. The first-order chi connectivity index (χ1) is 7.59. The molecule has 1 rings (SSSR count). The number of hydrogen-bond acceptors (Lipinski definition) is 3. The minimum Gasteiger partial charge on any atom is -0.312 e. The molecule has 1 atom stereocenters. The van der Waals surface area contributed by atoms with E-state index in [0.717, 1.165) is 6.54 Å². The van der Waals surface area contributed by atoms with Gasteiger partial charge in [0.15, 0.2) is 0 Å². The molecule has 1 heterocycles. The quantitative estimate of drug-likeness (QED) is 0.692. The van der Waals surface area contributed by atoms with Crippen LogP contribution < -0.4 is 5.32 Å². The summed E-state index contributed by atoms with van der Waals surface area (Å²) in [7, 11) is 2.22. The highest BCUT2D eigenvalue weighted by molar-refractivity contribution is 4.74. The van der Waals surface area contributed by atoms with Crippen LogP contribution in [0.4, 0.5) is 0 Å². The molecule has 0 amide bonds. The second kappa shape index (κ2) is 7.25. The molecule has 0 aromatic rings. The number of rotatable bonds is 6. The number of nitrogens with zero attached hydrogens (tertiary/aromatic N) is 2. The predicted molar refractivity (Wildman–Crippen MR) is 70.9 cm³/mol. The van der Waals surface area contributed by atoms with Gasteiger partial charge in [0.2, 0.25) is 0 Å². The van der Waals surface area contributed by atoms with Crippen molar-refractivity contribution in [2.75, 3.05) is 39.8 Å². The lowest BCUT2D eigenvalue weighted by molar-refractivity contribution is 0.197. The average molecular weight is 227 g/mol. The van der Waals surface area contributed by atoms with Gasteiger partial charge in [0.1, 0.15) is 0 Å². The zero-order valence-electron chi connectivity index (χ0n) is 11.5. The first-order valence-electron chi connectivity index (χ1n) is 6.75. The fraction of sp³-hybridized carbons (Fsp3) is 1.00. The Balaban J connectivity index is 2.02. The van der Waals surface area contributed by atoms with Crippen LogP contribution in [0.1, 0.15) is 33.6 Å². The molecule has 1 fully saturated rings. The van der Waals surface area contributed by atoms with Gasteiger partial charge in [-0.2, -0.15) is 0 Å². The van der Waals surface area contributed by atoms with E-state index < -0.39 is 0 Å². The van der Waals surface area contributed by atoms with Gasteiger partial charge < -0.3 is 15.1 Å². The first-order valence-corrected chi connectivity index (χ1v) is 6.75. The Kier molecular flexibility index (Phi) is 6.32. The Morgan fingerprint density at radius 3 is 2.75 bits per heavy atom. The van der Waals surface area contributed by atoms with Crippen LogP contribution in [0.3, 0.4) is 0 Å². The van der Waals surface area contributed by atoms with Crippen LogP contribution in [0.15, 0.2) is 0 Å². The lowest BCUT2D eigenvalue weighted by atomic mass is 10.2. The molecular weight excluding hydrogens is 198 g/mol. The summed E-state index contributed by atoms with van der Waals surface area (Å²) in [5.41, 5.74) is 0. The summed E-state index contributed by atoms with van der Waals surface area (Å²) in [5, 5.41) is 3.49. The fourth-order valence-corrected chi connectivity index (χ4v) is 2.17. The minimum atomic E-state index is 0.673. The van der Waals surface area contributed by atoms with E-state index in [1.807, 2.05) is 0 Å². The zero-order valence-corrected chi connectivity index (χ0v) is 11.5. The van der Waals surface area contributed by atoms with E-state index in [-0.39, 0.29) is 0 Å². The third kappa shape index (κ3) is 5.28. The first kappa shape index (κ1) is 13.9. The molecule has 0 aromatic heterocycles. The van der Waals surface area contributed by atoms with Crippen molar-refractivity contribution in [3.8, 4) is 0 Å². The molecule has 0 bridgehead atoms. The van der Waals surface area contributed by atoms with E-state index in [2.05, 4.69) is 42.9 Å². The van der Waals surface area contributed by atoms with Crippen LogP contribution in [0.2, 0.25) is 0 Å². The molecule has 16 heavy (non-hydrogen) atoms. The lowest BCUT2D eigenvalue weighted by Crippen LogP contribution is -2.49. The number of hydrogen-bond donors (Lipinski definition) is 1. The van der Waals surface area contributed by atoms with Crippen LogP contribution in [0, 0.1) is 0 Å².